The van der Waals surface area contributed by atoms with E-state index < -0.39 is 0 Å². The molecule has 71 heavy (non-hydrogen) atoms. The maximum absolute atomic E-state index is 2.60. The topological polar surface area (TPSA) is 14.8 Å². The van der Waals surface area contributed by atoms with Gasteiger partial charge in [0.1, 0.15) is 0 Å². The summed E-state index contributed by atoms with van der Waals surface area (Å²) in [5.41, 5.74) is 18.3. The summed E-state index contributed by atoms with van der Waals surface area (Å²) in [7, 11) is 0. The Bertz CT molecular complexity index is 4150. The minimum Gasteiger partial charge on any atom is -0.313 e. The van der Waals surface area contributed by atoms with Crippen molar-refractivity contribution in [2.45, 2.75) is 112 Å². The fourth-order valence-electron chi connectivity index (χ4n) is 12.3. The highest BCUT2D eigenvalue weighted by Crippen LogP contribution is 2.46. The lowest BCUT2D eigenvalue weighted by molar-refractivity contribution is 0.483. The molecular weight excluding hydrogens is 859 g/mol. The number of rotatable bonds is 3. The molecule has 0 spiro atoms. The van der Waals surface area contributed by atoms with Crippen LogP contribution < -0.4 is 0 Å². The van der Waals surface area contributed by atoms with E-state index in [4.69, 9.17) is 0 Å². The summed E-state index contributed by atoms with van der Waals surface area (Å²) < 4.78 is 7.71. The zero-order chi connectivity index (χ0) is 49.3. The van der Waals surface area contributed by atoms with Gasteiger partial charge in [-0.05, 0) is 145 Å². The van der Waals surface area contributed by atoms with E-state index >= 15 is 0 Å². The summed E-state index contributed by atoms with van der Waals surface area (Å²) >= 11 is 0. The molecular formula is C68H65N3. The van der Waals surface area contributed by atoms with Gasteiger partial charge in [-0.1, -0.05) is 174 Å². The Kier molecular flexibility index (Phi) is 9.11. The molecule has 0 aliphatic heterocycles. The molecule has 0 amide bonds. The van der Waals surface area contributed by atoms with Gasteiger partial charge in [0.2, 0.25) is 0 Å². The molecule has 3 heterocycles. The number of nitrogens with zero attached hydrogens (tertiary/aromatic N) is 3. The highest BCUT2D eigenvalue weighted by molar-refractivity contribution is 6.25. The Hall–Kier alpha value is -7.10. The van der Waals surface area contributed by atoms with E-state index in [2.05, 4.69) is 248 Å². The highest BCUT2D eigenvalue weighted by Gasteiger charge is 2.29. The van der Waals surface area contributed by atoms with Crippen molar-refractivity contribution in [1.82, 2.24) is 13.7 Å². The van der Waals surface area contributed by atoms with E-state index in [0.717, 1.165) is 18.5 Å². The molecule has 3 nitrogen and oxygen atoms in total. The molecule has 0 radical (unpaired) electrons. The van der Waals surface area contributed by atoms with E-state index in [1.165, 1.54) is 132 Å². The second kappa shape index (κ2) is 14.7. The van der Waals surface area contributed by atoms with Crippen LogP contribution >= 0.6 is 0 Å². The van der Waals surface area contributed by atoms with E-state index in [9.17, 15) is 0 Å². The maximum Gasteiger partial charge on any atom is 0.0562 e. The van der Waals surface area contributed by atoms with E-state index in [0.29, 0.717) is 0 Å². The van der Waals surface area contributed by atoms with Crippen LogP contribution in [0.5, 0.6) is 0 Å². The first-order valence-corrected chi connectivity index (χ1v) is 26.0. The molecule has 12 aromatic rings. The largest absolute Gasteiger partial charge is 0.313 e. The summed E-state index contributed by atoms with van der Waals surface area (Å²) in [6.45, 7) is 28.0. The number of allylic oxidation sites excluding steroid dienone is 1. The molecule has 0 bridgehead atoms. The van der Waals surface area contributed by atoms with Gasteiger partial charge in [0.15, 0.2) is 0 Å². The maximum atomic E-state index is 2.60. The summed E-state index contributed by atoms with van der Waals surface area (Å²) in [5.74, 6) is 0. The van der Waals surface area contributed by atoms with Crippen LogP contribution in [-0.2, 0) is 22.7 Å². The van der Waals surface area contributed by atoms with Crippen LogP contribution in [0.1, 0.15) is 117 Å². The van der Waals surface area contributed by atoms with Crippen LogP contribution in [0.2, 0.25) is 0 Å². The van der Waals surface area contributed by atoms with Crippen molar-refractivity contribution in [3.8, 4) is 17.1 Å². The molecule has 0 fully saturated rings. The van der Waals surface area contributed by atoms with Crippen LogP contribution in [-0.4, -0.2) is 13.7 Å². The van der Waals surface area contributed by atoms with Gasteiger partial charge in [0.05, 0.1) is 33.3 Å². The van der Waals surface area contributed by atoms with Crippen LogP contribution in [0.25, 0.3) is 110 Å². The first kappa shape index (κ1) is 43.9. The van der Waals surface area contributed by atoms with Gasteiger partial charge in [0.25, 0.3) is 0 Å². The molecule has 1 aliphatic carbocycles. The molecule has 13 rings (SSSR count). The second-order valence-electron chi connectivity index (χ2n) is 25.1. The predicted molar refractivity (Wildman–Crippen MR) is 308 cm³/mol. The Labute approximate surface area is 418 Å². The zero-order valence-electron chi connectivity index (χ0n) is 43.7. The fourth-order valence-corrected chi connectivity index (χ4v) is 12.3. The van der Waals surface area contributed by atoms with Gasteiger partial charge in [-0.15, -0.1) is 0 Å². The first-order valence-electron chi connectivity index (χ1n) is 26.0. The molecule has 3 aromatic heterocycles. The van der Waals surface area contributed by atoms with Crippen molar-refractivity contribution < 1.29 is 0 Å². The Morgan fingerprint density at radius 2 is 0.803 bits per heavy atom. The number of aromatic nitrogens is 3. The van der Waals surface area contributed by atoms with Crippen LogP contribution in [0.3, 0.4) is 0 Å². The smallest absolute Gasteiger partial charge is 0.0562 e. The zero-order valence-corrected chi connectivity index (χ0v) is 43.7. The minimum atomic E-state index is 0.0251. The summed E-state index contributed by atoms with van der Waals surface area (Å²) in [6.07, 6.45) is 4.60. The van der Waals surface area contributed by atoms with Crippen molar-refractivity contribution in [2.75, 3.05) is 0 Å². The second-order valence-corrected chi connectivity index (χ2v) is 25.1. The SMILES string of the molecule is CC(C)(C)C1=Cc2c(n(-c3ccc4c5ccc(-n6c7ccc(C(C)(C)C)cc7c7cc(C(C)(C)C)ccc76)cc5n(-c5ccc6ccc7cccc8ccc5c6c78)c4c3)c3ccc(C(C)(C)C)cc23)CC1. The molecule has 0 atom stereocenters. The van der Waals surface area contributed by atoms with Gasteiger partial charge in [0, 0.05) is 54.9 Å². The van der Waals surface area contributed by atoms with Gasteiger partial charge in [-0.3, -0.25) is 0 Å². The van der Waals surface area contributed by atoms with E-state index in [-0.39, 0.29) is 21.7 Å². The molecule has 0 N–H and O–H groups in total. The number of hydrogen-bond acceptors (Lipinski definition) is 0. The predicted octanol–water partition coefficient (Wildman–Crippen LogP) is 19.0. The molecule has 9 aromatic carbocycles. The number of benzene rings is 9. The standard InChI is InChI=1S/C68H65N3/c1-65(2,3)43-20-30-57-52(34-43)53-35-44(66(4,5)6)21-31-58(53)69(57)47-24-27-49-50-28-25-48(70-59-32-22-45(67(7,8)9)36-54(59)55-37-46(68(10,11)12)23-33-60(55)70)39-62(50)71(61(49)38-47)56-29-19-42-17-16-40-14-13-15-41-18-26-51(56)64(42)63(40)41/h13-22,24-32,34-39H,23,33H2,1-12H3. The minimum absolute atomic E-state index is 0.0251. The lowest BCUT2D eigenvalue weighted by Gasteiger charge is -2.27. The Balaban J connectivity index is 1.12. The first-order chi connectivity index (χ1) is 33.7. The summed E-state index contributed by atoms with van der Waals surface area (Å²) in [5, 5.41) is 14.2. The third-order valence-corrected chi connectivity index (χ3v) is 16.4. The van der Waals surface area contributed by atoms with Gasteiger partial charge in [-0.2, -0.15) is 0 Å². The number of fused-ring (bicyclic) bond motifs is 9. The van der Waals surface area contributed by atoms with Gasteiger partial charge in [-0.25, -0.2) is 0 Å². The molecule has 1 aliphatic rings. The lowest BCUT2D eigenvalue weighted by Crippen LogP contribution is -2.14. The average Bonchev–Trinajstić information content (AvgIpc) is 3.96. The Morgan fingerprint density at radius 1 is 0.338 bits per heavy atom. The van der Waals surface area contributed by atoms with E-state index in [1.807, 2.05) is 0 Å². The number of hydrogen-bond donors (Lipinski definition) is 0. The average molecular weight is 924 g/mol. The highest BCUT2D eigenvalue weighted by atomic mass is 15.0. The van der Waals surface area contributed by atoms with Gasteiger partial charge >= 0.3 is 0 Å². The van der Waals surface area contributed by atoms with Crippen molar-refractivity contribution in [2.24, 2.45) is 5.41 Å². The van der Waals surface area contributed by atoms with E-state index in [1.54, 1.807) is 0 Å². The van der Waals surface area contributed by atoms with Crippen molar-refractivity contribution in [3.63, 3.8) is 0 Å². The van der Waals surface area contributed by atoms with Crippen molar-refractivity contribution in [1.29, 1.82) is 0 Å². The third kappa shape index (κ3) is 6.61. The summed E-state index contributed by atoms with van der Waals surface area (Å²) in [4.78, 5) is 0. The van der Waals surface area contributed by atoms with Crippen molar-refractivity contribution in [3.05, 3.63) is 179 Å². The lowest BCUT2D eigenvalue weighted by atomic mass is 9.79. The van der Waals surface area contributed by atoms with Crippen molar-refractivity contribution >= 4 is 92.9 Å². The molecule has 352 valence electrons. The summed E-state index contributed by atoms with van der Waals surface area (Å²) in [6, 6.07) is 56.8. The van der Waals surface area contributed by atoms with Crippen LogP contribution in [0.4, 0.5) is 0 Å². The molecule has 3 heteroatoms. The molecule has 0 unspecified atom stereocenters. The van der Waals surface area contributed by atoms with Crippen LogP contribution in [0.15, 0.2) is 151 Å². The van der Waals surface area contributed by atoms with Crippen LogP contribution in [0, 0.1) is 5.41 Å². The van der Waals surface area contributed by atoms with Gasteiger partial charge < -0.3 is 13.7 Å². The Morgan fingerprint density at radius 3 is 1.34 bits per heavy atom. The monoisotopic (exact) mass is 924 g/mol. The third-order valence-electron chi connectivity index (χ3n) is 16.4. The fraction of sp³-hybridized carbons (Fsp3) is 0.265. The molecule has 0 saturated heterocycles. The molecule has 0 saturated carbocycles. The normalized spacial score (nSPS) is 14.2. The quantitative estimate of drug-likeness (QED) is 0.157.